The van der Waals surface area contributed by atoms with Crippen molar-refractivity contribution in [1.82, 2.24) is 9.55 Å². The van der Waals surface area contributed by atoms with Gasteiger partial charge in [-0.25, -0.2) is 4.98 Å². The van der Waals surface area contributed by atoms with E-state index >= 15 is 0 Å². The van der Waals surface area contributed by atoms with E-state index in [-0.39, 0.29) is 10.7 Å². The maximum atomic E-state index is 11.6. The fourth-order valence-corrected chi connectivity index (χ4v) is 1.53. The molecule has 0 aliphatic rings. The van der Waals surface area contributed by atoms with Crippen LogP contribution >= 0.6 is 34.2 Å². The molecule has 0 spiro atoms. The molecule has 0 atom stereocenters. The van der Waals surface area contributed by atoms with Gasteiger partial charge in [-0.15, -0.1) is 12.3 Å². The van der Waals surface area contributed by atoms with Crippen LogP contribution in [-0.2, 0) is 6.54 Å². The van der Waals surface area contributed by atoms with Gasteiger partial charge in [0.05, 0.1) is 6.33 Å². The smallest absolute Gasteiger partial charge is 0.268 e. The fourth-order valence-electron chi connectivity index (χ4n) is 0.955. The second kappa shape index (κ2) is 5.37. The summed E-state index contributed by atoms with van der Waals surface area (Å²) < 4.78 is 1.97. The topological polar surface area (TPSA) is 34.9 Å². The zero-order chi connectivity index (χ0) is 10.6. The van der Waals surface area contributed by atoms with Crippen LogP contribution in [0.15, 0.2) is 11.1 Å². The molecule has 3 nitrogen and oxygen atoms in total. The molecule has 0 fully saturated rings. The lowest BCUT2D eigenvalue weighted by molar-refractivity contribution is 0.619. The molecule has 1 heterocycles. The molecule has 0 bridgehead atoms. The van der Waals surface area contributed by atoms with Crippen molar-refractivity contribution >= 4 is 34.2 Å². The highest BCUT2D eigenvalue weighted by Crippen LogP contribution is 2.09. The third-order valence-electron chi connectivity index (χ3n) is 1.66. The van der Waals surface area contributed by atoms with Gasteiger partial charge in [0.25, 0.3) is 5.56 Å². The summed E-state index contributed by atoms with van der Waals surface area (Å²) in [5.74, 6) is 2.52. The van der Waals surface area contributed by atoms with Crippen molar-refractivity contribution in [2.45, 2.75) is 19.4 Å². The fraction of sp³-hybridized carbons (Fsp3) is 0.333. The van der Waals surface area contributed by atoms with Crippen LogP contribution in [0, 0.1) is 15.9 Å². The molecule has 0 aromatic carbocycles. The van der Waals surface area contributed by atoms with E-state index in [0.717, 1.165) is 6.42 Å². The predicted octanol–water partition coefficient (Wildman–Crippen LogP) is 1.91. The molecular weight excluding hydrogens is 314 g/mol. The minimum absolute atomic E-state index is 0.109. The molecule has 1 rings (SSSR count). The summed E-state index contributed by atoms with van der Waals surface area (Å²) in [6.45, 7) is 0.587. The SMILES string of the molecule is C#CCCCn1cnc(Cl)c(I)c1=O. The molecule has 74 valence electrons. The zero-order valence-electron chi connectivity index (χ0n) is 7.33. The van der Waals surface area contributed by atoms with Crippen LogP contribution in [0.5, 0.6) is 0 Å². The first kappa shape index (κ1) is 11.5. The molecule has 0 aliphatic carbocycles. The number of hydrogen-bond acceptors (Lipinski definition) is 2. The average Bonchev–Trinajstić information content (AvgIpc) is 2.18. The van der Waals surface area contributed by atoms with Gasteiger partial charge in [0, 0.05) is 13.0 Å². The Bertz CT molecular complexity index is 422. The number of terminal acetylenes is 1. The van der Waals surface area contributed by atoms with E-state index in [1.165, 1.54) is 10.9 Å². The number of aryl methyl sites for hydroxylation is 1. The van der Waals surface area contributed by atoms with E-state index in [1.54, 1.807) is 0 Å². The molecule has 1 aromatic heterocycles. The first-order valence-corrected chi connectivity index (χ1v) is 5.46. The van der Waals surface area contributed by atoms with Gasteiger partial charge in [-0.05, 0) is 29.0 Å². The Hall–Kier alpha value is -0.540. The van der Waals surface area contributed by atoms with Crippen molar-refractivity contribution in [1.29, 1.82) is 0 Å². The molecule has 5 heteroatoms. The summed E-state index contributed by atoms with van der Waals surface area (Å²) in [6, 6.07) is 0. The average molecular weight is 323 g/mol. The molecule has 0 amide bonds. The second-order valence-corrected chi connectivity index (χ2v) is 4.09. The number of aromatic nitrogens is 2. The highest BCUT2D eigenvalue weighted by Gasteiger charge is 2.05. The highest BCUT2D eigenvalue weighted by molar-refractivity contribution is 14.1. The van der Waals surface area contributed by atoms with Crippen molar-refractivity contribution < 1.29 is 0 Å². The van der Waals surface area contributed by atoms with Gasteiger partial charge in [-0.1, -0.05) is 11.6 Å². The first-order chi connectivity index (χ1) is 6.66. The summed E-state index contributed by atoms with van der Waals surface area (Å²) in [5.41, 5.74) is -0.109. The summed E-state index contributed by atoms with van der Waals surface area (Å²) in [7, 11) is 0. The molecule has 0 radical (unpaired) electrons. The van der Waals surface area contributed by atoms with E-state index in [9.17, 15) is 4.79 Å². The summed E-state index contributed by atoms with van der Waals surface area (Å²) in [5, 5.41) is 0.254. The Morgan fingerprint density at radius 3 is 3.07 bits per heavy atom. The van der Waals surface area contributed by atoms with Gasteiger partial charge < -0.3 is 0 Å². The molecule has 0 saturated carbocycles. The van der Waals surface area contributed by atoms with Crippen molar-refractivity contribution in [2.24, 2.45) is 0 Å². The lowest BCUT2D eigenvalue weighted by Crippen LogP contribution is -2.23. The molecule has 1 aromatic rings. The number of hydrogen-bond donors (Lipinski definition) is 0. The largest absolute Gasteiger partial charge is 0.298 e. The molecule has 14 heavy (non-hydrogen) atoms. The molecule has 0 saturated heterocycles. The van der Waals surface area contributed by atoms with E-state index in [0.29, 0.717) is 16.5 Å². The second-order valence-electron chi connectivity index (χ2n) is 2.66. The van der Waals surface area contributed by atoms with Crippen LogP contribution in [0.2, 0.25) is 5.15 Å². The Morgan fingerprint density at radius 2 is 2.43 bits per heavy atom. The number of nitrogens with zero attached hydrogens (tertiary/aromatic N) is 2. The Kier molecular flexibility index (Phi) is 4.42. The summed E-state index contributed by atoms with van der Waals surface area (Å²) in [6.07, 6.45) is 7.99. The van der Waals surface area contributed by atoms with Crippen LogP contribution in [0.4, 0.5) is 0 Å². The zero-order valence-corrected chi connectivity index (χ0v) is 10.2. The van der Waals surface area contributed by atoms with Gasteiger partial charge in [0.1, 0.15) is 8.72 Å². The maximum absolute atomic E-state index is 11.6. The molecule has 0 N–H and O–H groups in total. The lowest BCUT2D eigenvalue weighted by atomic mass is 10.3. The molecular formula is C9H8ClIN2O. The minimum Gasteiger partial charge on any atom is -0.298 e. The molecule has 0 aliphatic heterocycles. The monoisotopic (exact) mass is 322 g/mol. The van der Waals surface area contributed by atoms with Crippen LogP contribution in [0.1, 0.15) is 12.8 Å². The first-order valence-electron chi connectivity index (χ1n) is 4.00. The van der Waals surface area contributed by atoms with E-state index < -0.39 is 0 Å². The van der Waals surface area contributed by atoms with Crippen LogP contribution < -0.4 is 5.56 Å². The van der Waals surface area contributed by atoms with E-state index in [4.69, 9.17) is 18.0 Å². The Labute approximate surface area is 101 Å². The number of rotatable bonds is 3. The van der Waals surface area contributed by atoms with Crippen molar-refractivity contribution in [3.63, 3.8) is 0 Å². The summed E-state index contributed by atoms with van der Waals surface area (Å²) >= 11 is 7.57. The third-order valence-corrected chi connectivity index (χ3v) is 3.24. The van der Waals surface area contributed by atoms with Crippen molar-refractivity contribution in [2.75, 3.05) is 0 Å². The minimum atomic E-state index is -0.109. The van der Waals surface area contributed by atoms with Gasteiger partial charge in [-0.3, -0.25) is 9.36 Å². The Balaban J connectivity index is 2.85. The quantitative estimate of drug-likeness (QED) is 0.369. The van der Waals surface area contributed by atoms with Crippen LogP contribution in [-0.4, -0.2) is 9.55 Å². The normalized spacial score (nSPS) is 9.79. The molecule has 0 unspecified atom stereocenters. The Morgan fingerprint density at radius 1 is 1.71 bits per heavy atom. The van der Waals surface area contributed by atoms with Gasteiger partial charge in [-0.2, -0.15) is 0 Å². The van der Waals surface area contributed by atoms with E-state index in [2.05, 4.69) is 10.9 Å². The third kappa shape index (κ3) is 2.72. The highest BCUT2D eigenvalue weighted by atomic mass is 127. The predicted molar refractivity (Wildman–Crippen MR) is 64.3 cm³/mol. The van der Waals surface area contributed by atoms with Crippen LogP contribution in [0.3, 0.4) is 0 Å². The van der Waals surface area contributed by atoms with Gasteiger partial charge >= 0.3 is 0 Å². The van der Waals surface area contributed by atoms with Crippen molar-refractivity contribution in [3.05, 3.63) is 25.4 Å². The van der Waals surface area contributed by atoms with Crippen LogP contribution in [0.25, 0.3) is 0 Å². The number of halogens is 2. The maximum Gasteiger partial charge on any atom is 0.268 e. The van der Waals surface area contributed by atoms with Gasteiger partial charge in [0.2, 0.25) is 0 Å². The summed E-state index contributed by atoms with van der Waals surface area (Å²) in [4.78, 5) is 15.5. The lowest BCUT2D eigenvalue weighted by Gasteiger charge is -2.04. The number of unbranched alkanes of at least 4 members (excludes halogenated alkanes) is 1. The van der Waals surface area contributed by atoms with Crippen molar-refractivity contribution in [3.8, 4) is 12.3 Å². The standard InChI is InChI=1S/C9H8ClIN2O/c1-2-3-4-5-13-6-12-8(10)7(11)9(13)14/h1,6H,3-5H2. The van der Waals surface area contributed by atoms with Gasteiger partial charge in [0.15, 0.2) is 0 Å². The van der Waals surface area contributed by atoms with E-state index in [1.807, 2.05) is 22.6 Å².